The van der Waals surface area contributed by atoms with Crippen molar-refractivity contribution < 1.29 is 28.6 Å². The van der Waals surface area contributed by atoms with Gasteiger partial charge in [0.2, 0.25) is 0 Å². The number of rotatable bonds is 7. The first kappa shape index (κ1) is 19.8. The molecule has 0 aliphatic carbocycles. The molecule has 1 aromatic rings. The van der Waals surface area contributed by atoms with Crippen molar-refractivity contribution >= 4 is 18.0 Å². The molecule has 1 saturated heterocycles. The molecule has 0 radical (unpaired) electrons. The van der Waals surface area contributed by atoms with E-state index in [1.54, 1.807) is 13.8 Å². The van der Waals surface area contributed by atoms with Crippen molar-refractivity contribution in [1.82, 2.24) is 4.90 Å². The number of likely N-dealkylation sites (tertiary alicyclic amines) is 1. The van der Waals surface area contributed by atoms with Gasteiger partial charge in [-0.05, 0) is 32.3 Å². The number of hydrogen-bond donors (Lipinski definition) is 0. The number of carbonyl (C=O) groups excluding carboxylic acids is 3. The number of benzene rings is 1. The molecule has 7 heteroatoms. The number of esters is 2. The first-order valence-electron chi connectivity index (χ1n) is 8.78. The monoisotopic (exact) mass is 363 g/mol. The lowest BCUT2D eigenvalue weighted by atomic mass is 9.99. The zero-order valence-electron chi connectivity index (χ0n) is 15.2. The van der Waals surface area contributed by atoms with E-state index in [9.17, 15) is 14.4 Å². The fourth-order valence-electron chi connectivity index (χ4n) is 2.88. The lowest BCUT2D eigenvalue weighted by molar-refractivity contribution is -0.157. The number of ether oxygens (including phenoxy) is 3. The first-order valence-corrected chi connectivity index (χ1v) is 8.78. The van der Waals surface area contributed by atoms with Crippen LogP contribution in [0.4, 0.5) is 4.79 Å². The summed E-state index contributed by atoms with van der Waals surface area (Å²) in [5, 5.41) is 0. The third kappa shape index (κ3) is 4.97. The maximum absolute atomic E-state index is 12.5. The van der Waals surface area contributed by atoms with Crippen LogP contribution in [0.2, 0.25) is 0 Å². The van der Waals surface area contributed by atoms with Crippen LogP contribution in [-0.2, 0) is 30.4 Å². The van der Waals surface area contributed by atoms with E-state index < -0.39 is 23.6 Å². The summed E-state index contributed by atoms with van der Waals surface area (Å²) in [7, 11) is 0. The Labute approximate surface area is 153 Å². The summed E-state index contributed by atoms with van der Waals surface area (Å²) >= 11 is 0. The van der Waals surface area contributed by atoms with Crippen molar-refractivity contribution in [2.45, 2.75) is 45.3 Å². The number of nitrogens with zero attached hydrogens (tertiary/aromatic N) is 1. The van der Waals surface area contributed by atoms with Crippen LogP contribution < -0.4 is 0 Å². The Morgan fingerprint density at radius 2 is 1.85 bits per heavy atom. The topological polar surface area (TPSA) is 82.1 Å². The minimum Gasteiger partial charge on any atom is -0.466 e. The minimum atomic E-state index is -1.08. The number of amides is 1. The highest BCUT2D eigenvalue weighted by atomic mass is 16.6. The standard InChI is InChI=1S/C19H25NO6/c1-3-24-16(21)10-13-25-17(22)19(2)11-7-12-20(19)18(23)26-14-15-8-5-4-6-9-15/h4-6,8-9H,3,7,10-14H2,1-2H3. The van der Waals surface area contributed by atoms with Crippen LogP contribution in [0.5, 0.6) is 0 Å². The summed E-state index contributed by atoms with van der Waals surface area (Å²) in [5.74, 6) is -0.952. The van der Waals surface area contributed by atoms with Gasteiger partial charge in [-0.15, -0.1) is 0 Å². The van der Waals surface area contributed by atoms with E-state index in [1.807, 2.05) is 30.3 Å². The van der Waals surface area contributed by atoms with Crippen LogP contribution in [0.1, 0.15) is 38.7 Å². The molecule has 26 heavy (non-hydrogen) atoms. The molecule has 7 nitrogen and oxygen atoms in total. The van der Waals surface area contributed by atoms with E-state index in [0.717, 1.165) is 5.56 Å². The fraction of sp³-hybridized carbons (Fsp3) is 0.526. The largest absolute Gasteiger partial charge is 0.466 e. The van der Waals surface area contributed by atoms with Gasteiger partial charge < -0.3 is 14.2 Å². The quantitative estimate of drug-likeness (QED) is 0.547. The average Bonchev–Trinajstić information content (AvgIpc) is 3.04. The molecule has 1 fully saturated rings. The Hall–Kier alpha value is -2.57. The molecule has 1 unspecified atom stereocenters. The summed E-state index contributed by atoms with van der Waals surface area (Å²) in [6.07, 6.45) is 0.625. The third-order valence-electron chi connectivity index (χ3n) is 4.35. The van der Waals surface area contributed by atoms with Gasteiger partial charge in [0.1, 0.15) is 18.8 Å². The number of carbonyl (C=O) groups is 3. The normalized spacial score (nSPS) is 19.1. The predicted octanol–water partition coefficient (Wildman–Crippen LogP) is 2.67. The van der Waals surface area contributed by atoms with Crippen molar-refractivity contribution in [3.05, 3.63) is 35.9 Å². The maximum Gasteiger partial charge on any atom is 0.411 e. The van der Waals surface area contributed by atoms with Gasteiger partial charge in [-0.3, -0.25) is 9.69 Å². The molecule has 0 aromatic heterocycles. The highest BCUT2D eigenvalue weighted by Crippen LogP contribution is 2.31. The van der Waals surface area contributed by atoms with Crippen molar-refractivity contribution in [1.29, 1.82) is 0 Å². The molecule has 2 rings (SSSR count). The van der Waals surface area contributed by atoms with Crippen LogP contribution in [-0.4, -0.2) is 48.2 Å². The van der Waals surface area contributed by atoms with E-state index in [4.69, 9.17) is 14.2 Å². The predicted molar refractivity (Wildman–Crippen MR) is 93.2 cm³/mol. The molecule has 1 amide bonds. The molecule has 1 atom stereocenters. The van der Waals surface area contributed by atoms with Crippen molar-refractivity contribution in [3.8, 4) is 0 Å². The van der Waals surface area contributed by atoms with Crippen molar-refractivity contribution in [2.75, 3.05) is 19.8 Å². The Morgan fingerprint density at radius 1 is 1.12 bits per heavy atom. The van der Waals surface area contributed by atoms with Crippen LogP contribution in [0, 0.1) is 0 Å². The molecule has 1 aromatic carbocycles. The van der Waals surface area contributed by atoms with Crippen LogP contribution in [0.25, 0.3) is 0 Å². The Kier molecular flexibility index (Phi) is 7.00. The van der Waals surface area contributed by atoms with Crippen LogP contribution in [0.15, 0.2) is 30.3 Å². The van der Waals surface area contributed by atoms with Gasteiger partial charge in [-0.1, -0.05) is 30.3 Å². The van der Waals surface area contributed by atoms with E-state index >= 15 is 0 Å². The third-order valence-corrected chi connectivity index (χ3v) is 4.35. The Morgan fingerprint density at radius 3 is 2.54 bits per heavy atom. The second-order valence-electron chi connectivity index (χ2n) is 6.26. The van der Waals surface area contributed by atoms with Gasteiger partial charge in [-0.25, -0.2) is 9.59 Å². The maximum atomic E-state index is 12.5. The molecule has 1 aliphatic rings. The second-order valence-corrected chi connectivity index (χ2v) is 6.26. The van der Waals surface area contributed by atoms with Gasteiger partial charge in [0.15, 0.2) is 0 Å². The van der Waals surface area contributed by atoms with Gasteiger partial charge in [0, 0.05) is 6.54 Å². The summed E-state index contributed by atoms with van der Waals surface area (Å²) in [4.78, 5) is 37.6. The summed E-state index contributed by atoms with van der Waals surface area (Å²) in [5.41, 5.74) is -0.207. The molecule has 0 N–H and O–H groups in total. The molecule has 0 bridgehead atoms. The van der Waals surface area contributed by atoms with Gasteiger partial charge >= 0.3 is 18.0 Å². The first-order chi connectivity index (χ1) is 12.5. The lowest BCUT2D eigenvalue weighted by Crippen LogP contribution is -2.51. The molecule has 142 valence electrons. The summed E-state index contributed by atoms with van der Waals surface area (Å²) in [6.45, 7) is 4.16. The van der Waals surface area contributed by atoms with E-state index in [0.29, 0.717) is 19.4 Å². The smallest absolute Gasteiger partial charge is 0.411 e. The molecule has 1 aliphatic heterocycles. The minimum absolute atomic E-state index is 0.00584. The second kappa shape index (κ2) is 9.22. The van der Waals surface area contributed by atoms with Crippen molar-refractivity contribution in [2.24, 2.45) is 0 Å². The average molecular weight is 363 g/mol. The van der Waals surface area contributed by atoms with Crippen LogP contribution in [0.3, 0.4) is 0 Å². The number of hydrogen-bond acceptors (Lipinski definition) is 6. The molecular formula is C19H25NO6. The molecular weight excluding hydrogens is 338 g/mol. The van der Waals surface area contributed by atoms with Crippen LogP contribution >= 0.6 is 0 Å². The van der Waals surface area contributed by atoms with Gasteiger partial charge in [0.25, 0.3) is 0 Å². The Bertz CT molecular complexity index is 632. The zero-order chi connectivity index (χ0) is 19.0. The van der Waals surface area contributed by atoms with E-state index in [2.05, 4.69) is 0 Å². The zero-order valence-corrected chi connectivity index (χ0v) is 15.2. The fourth-order valence-corrected chi connectivity index (χ4v) is 2.88. The Balaban J connectivity index is 1.88. The van der Waals surface area contributed by atoms with Crippen molar-refractivity contribution in [3.63, 3.8) is 0 Å². The molecule has 0 spiro atoms. The summed E-state index contributed by atoms with van der Waals surface area (Å²) in [6, 6.07) is 9.34. The highest BCUT2D eigenvalue weighted by molar-refractivity contribution is 5.86. The highest BCUT2D eigenvalue weighted by Gasteiger charge is 2.47. The van der Waals surface area contributed by atoms with E-state index in [-0.39, 0.29) is 26.2 Å². The van der Waals surface area contributed by atoms with Gasteiger partial charge in [0.05, 0.1) is 13.0 Å². The lowest BCUT2D eigenvalue weighted by Gasteiger charge is -2.32. The molecule has 0 saturated carbocycles. The summed E-state index contributed by atoms with van der Waals surface area (Å²) < 4.78 is 15.3. The van der Waals surface area contributed by atoms with Gasteiger partial charge in [-0.2, -0.15) is 0 Å². The molecule has 1 heterocycles. The SMILES string of the molecule is CCOC(=O)CCOC(=O)C1(C)CCCN1C(=O)OCc1ccccc1. The van der Waals surface area contributed by atoms with E-state index in [1.165, 1.54) is 4.90 Å².